The molecule has 2 aliphatic rings. The van der Waals surface area contributed by atoms with E-state index < -0.39 is 10.0 Å². The highest BCUT2D eigenvalue weighted by Gasteiger charge is 2.28. The molecular formula is C19H20N4O4S. The summed E-state index contributed by atoms with van der Waals surface area (Å²) in [5.74, 6) is -0.359. The second kappa shape index (κ2) is 7.25. The zero-order valence-corrected chi connectivity index (χ0v) is 15.8. The Labute approximate surface area is 163 Å². The van der Waals surface area contributed by atoms with E-state index in [1.807, 2.05) is 0 Å². The van der Waals surface area contributed by atoms with Gasteiger partial charge < -0.3 is 10.6 Å². The standard InChI is InChI=1S/C19H20N4O4S/c24-18(13-4-8-17(9-5-13)28(26,27)22-14-6-7-14)21-15-2-1-3-16(12-15)23-11-10-20-19(23)25/h1-5,8-9,12,14,22H,6-7,10-11H2,(H,20,25)(H,21,24). The molecule has 2 aromatic rings. The smallest absolute Gasteiger partial charge is 0.321 e. The number of hydrogen-bond donors (Lipinski definition) is 3. The van der Waals surface area contributed by atoms with Crippen LogP contribution in [-0.2, 0) is 10.0 Å². The first-order chi connectivity index (χ1) is 13.4. The molecule has 2 aromatic carbocycles. The van der Waals surface area contributed by atoms with Gasteiger partial charge in [-0.2, -0.15) is 0 Å². The van der Waals surface area contributed by atoms with Crippen LogP contribution in [0.15, 0.2) is 53.4 Å². The molecule has 1 saturated carbocycles. The lowest BCUT2D eigenvalue weighted by Crippen LogP contribution is -2.27. The average Bonchev–Trinajstić information content (AvgIpc) is 3.38. The van der Waals surface area contributed by atoms with Crippen molar-refractivity contribution in [1.29, 1.82) is 0 Å². The van der Waals surface area contributed by atoms with Crippen LogP contribution in [0.25, 0.3) is 0 Å². The van der Waals surface area contributed by atoms with E-state index in [0.717, 1.165) is 12.8 Å². The molecule has 8 nitrogen and oxygen atoms in total. The minimum Gasteiger partial charge on any atom is -0.336 e. The molecule has 1 aliphatic heterocycles. The number of hydrogen-bond acceptors (Lipinski definition) is 4. The maximum Gasteiger partial charge on any atom is 0.321 e. The third kappa shape index (κ3) is 4.00. The van der Waals surface area contributed by atoms with Gasteiger partial charge in [-0.25, -0.2) is 17.9 Å². The Kier molecular flexibility index (Phi) is 4.78. The number of rotatable bonds is 6. The van der Waals surface area contributed by atoms with E-state index in [-0.39, 0.29) is 22.9 Å². The summed E-state index contributed by atoms with van der Waals surface area (Å²) in [4.78, 5) is 26.0. The molecule has 1 heterocycles. The first-order valence-corrected chi connectivity index (χ1v) is 10.5. The molecule has 4 rings (SSSR count). The van der Waals surface area contributed by atoms with Gasteiger partial charge in [-0.1, -0.05) is 6.07 Å². The fourth-order valence-electron chi connectivity index (χ4n) is 2.95. The number of carbonyl (C=O) groups is 2. The van der Waals surface area contributed by atoms with Crippen molar-refractivity contribution < 1.29 is 18.0 Å². The number of amides is 3. The summed E-state index contributed by atoms with van der Waals surface area (Å²) < 4.78 is 27.0. The topological polar surface area (TPSA) is 108 Å². The van der Waals surface area contributed by atoms with Gasteiger partial charge in [0.25, 0.3) is 5.91 Å². The Hall–Kier alpha value is -2.91. The Morgan fingerprint density at radius 3 is 2.50 bits per heavy atom. The van der Waals surface area contributed by atoms with Crippen molar-refractivity contribution in [2.75, 3.05) is 23.3 Å². The van der Waals surface area contributed by atoms with Gasteiger partial charge in [0.15, 0.2) is 0 Å². The summed E-state index contributed by atoms with van der Waals surface area (Å²) in [5, 5.41) is 5.51. The molecular weight excluding hydrogens is 380 g/mol. The Morgan fingerprint density at radius 1 is 1.11 bits per heavy atom. The second-order valence-corrected chi connectivity index (χ2v) is 8.52. The predicted octanol–water partition coefficient (Wildman–Crippen LogP) is 1.91. The van der Waals surface area contributed by atoms with Crippen LogP contribution < -0.4 is 20.3 Å². The number of benzene rings is 2. The highest BCUT2D eigenvalue weighted by atomic mass is 32.2. The van der Waals surface area contributed by atoms with Crippen LogP contribution in [0.4, 0.5) is 16.2 Å². The lowest BCUT2D eigenvalue weighted by atomic mass is 10.2. The number of sulfonamides is 1. The SMILES string of the molecule is O=C(Nc1cccc(N2CCNC2=O)c1)c1ccc(S(=O)(=O)NC2CC2)cc1. The highest BCUT2D eigenvalue weighted by Crippen LogP contribution is 2.23. The van der Waals surface area contributed by atoms with Crippen molar-refractivity contribution in [3.05, 3.63) is 54.1 Å². The Morgan fingerprint density at radius 2 is 1.86 bits per heavy atom. The quantitative estimate of drug-likeness (QED) is 0.688. The summed E-state index contributed by atoms with van der Waals surface area (Å²) in [6, 6.07) is 12.7. The molecule has 0 atom stereocenters. The molecule has 0 spiro atoms. The van der Waals surface area contributed by atoms with Gasteiger partial charge in [0.1, 0.15) is 0 Å². The summed E-state index contributed by atoms with van der Waals surface area (Å²) in [6.45, 7) is 1.15. The summed E-state index contributed by atoms with van der Waals surface area (Å²) in [7, 11) is -3.54. The van der Waals surface area contributed by atoms with Crippen molar-refractivity contribution in [3.8, 4) is 0 Å². The van der Waals surface area contributed by atoms with Gasteiger partial charge >= 0.3 is 6.03 Å². The first kappa shape index (κ1) is 18.5. The van der Waals surface area contributed by atoms with E-state index in [0.29, 0.717) is 30.0 Å². The molecule has 3 amide bonds. The molecule has 0 aromatic heterocycles. The van der Waals surface area contributed by atoms with E-state index in [1.54, 1.807) is 29.2 Å². The van der Waals surface area contributed by atoms with E-state index in [2.05, 4.69) is 15.4 Å². The van der Waals surface area contributed by atoms with Gasteiger partial charge in [-0.3, -0.25) is 9.69 Å². The number of carbonyl (C=O) groups excluding carboxylic acids is 2. The lowest BCUT2D eigenvalue weighted by molar-refractivity contribution is 0.102. The van der Waals surface area contributed by atoms with E-state index >= 15 is 0 Å². The highest BCUT2D eigenvalue weighted by molar-refractivity contribution is 7.89. The van der Waals surface area contributed by atoms with Crippen molar-refractivity contribution in [2.24, 2.45) is 0 Å². The molecule has 3 N–H and O–H groups in total. The average molecular weight is 400 g/mol. The summed E-state index contributed by atoms with van der Waals surface area (Å²) in [5.41, 5.74) is 1.59. The van der Waals surface area contributed by atoms with Crippen molar-refractivity contribution in [2.45, 2.75) is 23.8 Å². The Balaban J connectivity index is 1.46. The minimum absolute atomic E-state index is 0.0259. The van der Waals surface area contributed by atoms with Gasteiger partial charge in [0.05, 0.1) is 4.90 Å². The predicted molar refractivity (Wildman–Crippen MR) is 105 cm³/mol. The molecule has 2 fully saturated rings. The molecule has 1 saturated heterocycles. The Bertz CT molecular complexity index is 1020. The van der Waals surface area contributed by atoms with Crippen LogP contribution in [0.3, 0.4) is 0 Å². The van der Waals surface area contributed by atoms with Crippen molar-refractivity contribution in [3.63, 3.8) is 0 Å². The number of nitrogens with one attached hydrogen (secondary N) is 3. The van der Waals surface area contributed by atoms with E-state index in [1.165, 1.54) is 24.3 Å². The van der Waals surface area contributed by atoms with Crippen LogP contribution in [0, 0.1) is 0 Å². The molecule has 0 radical (unpaired) electrons. The molecule has 0 bridgehead atoms. The molecule has 28 heavy (non-hydrogen) atoms. The fourth-order valence-corrected chi connectivity index (χ4v) is 4.25. The first-order valence-electron chi connectivity index (χ1n) is 9.01. The molecule has 9 heteroatoms. The fraction of sp³-hybridized carbons (Fsp3) is 0.263. The van der Waals surface area contributed by atoms with Gasteiger partial charge in [0.2, 0.25) is 10.0 Å². The third-order valence-corrected chi connectivity index (χ3v) is 6.13. The third-order valence-electron chi connectivity index (χ3n) is 4.60. The molecule has 1 aliphatic carbocycles. The van der Waals surface area contributed by atoms with E-state index in [9.17, 15) is 18.0 Å². The van der Waals surface area contributed by atoms with Gasteiger partial charge in [0, 0.05) is 36.1 Å². The maximum atomic E-state index is 12.5. The van der Waals surface area contributed by atoms with Gasteiger partial charge in [-0.15, -0.1) is 0 Å². The summed E-state index contributed by atoms with van der Waals surface area (Å²) in [6.07, 6.45) is 1.72. The number of urea groups is 1. The number of anilines is 2. The van der Waals surface area contributed by atoms with Crippen LogP contribution in [0.5, 0.6) is 0 Å². The lowest BCUT2D eigenvalue weighted by Gasteiger charge is -2.15. The van der Waals surface area contributed by atoms with Crippen LogP contribution in [0.1, 0.15) is 23.2 Å². The molecule has 146 valence electrons. The monoisotopic (exact) mass is 400 g/mol. The summed E-state index contributed by atoms with van der Waals surface area (Å²) >= 11 is 0. The zero-order valence-electron chi connectivity index (χ0n) is 15.0. The van der Waals surface area contributed by atoms with Crippen LogP contribution in [0.2, 0.25) is 0 Å². The van der Waals surface area contributed by atoms with Crippen LogP contribution in [-0.4, -0.2) is 39.5 Å². The normalized spacial score (nSPS) is 16.7. The minimum atomic E-state index is -3.54. The second-order valence-electron chi connectivity index (χ2n) is 6.81. The van der Waals surface area contributed by atoms with Crippen molar-refractivity contribution in [1.82, 2.24) is 10.0 Å². The largest absolute Gasteiger partial charge is 0.336 e. The maximum absolute atomic E-state index is 12.5. The van der Waals surface area contributed by atoms with E-state index in [4.69, 9.17) is 0 Å². The number of nitrogens with zero attached hydrogens (tertiary/aromatic N) is 1. The molecule has 0 unspecified atom stereocenters. The van der Waals surface area contributed by atoms with Crippen LogP contribution >= 0.6 is 0 Å². The zero-order chi connectivity index (χ0) is 19.7. The van der Waals surface area contributed by atoms with Gasteiger partial charge in [-0.05, 0) is 55.3 Å². The van der Waals surface area contributed by atoms with Crippen molar-refractivity contribution >= 4 is 33.3 Å².